The van der Waals surface area contributed by atoms with Gasteiger partial charge in [0.1, 0.15) is 43.4 Å². The number of carbonyl (C=O) groups is 7. The Bertz CT molecular complexity index is 2850. The molecular weight excluding hydrogens is 921 g/mol. The zero-order valence-corrected chi connectivity index (χ0v) is 41.7. The number of benzene rings is 3. The summed E-state index contributed by atoms with van der Waals surface area (Å²) in [5, 5.41) is 19.7. The van der Waals surface area contributed by atoms with Crippen LogP contribution < -0.4 is 20.6 Å². The molecule has 0 atom stereocenters. The summed E-state index contributed by atoms with van der Waals surface area (Å²) in [6.07, 6.45) is 10.2. The molecule has 0 aromatic heterocycles. The molecule has 374 valence electrons. The highest BCUT2D eigenvalue weighted by Crippen LogP contribution is 2.40. The van der Waals surface area contributed by atoms with Crippen LogP contribution in [-0.2, 0) is 42.9 Å². The van der Waals surface area contributed by atoms with Crippen LogP contribution in [-0.4, -0.2) is 89.5 Å². The Labute approximate surface area is 418 Å². The molecule has 0 fully saturated rings. The molecule has 0 heterocycles. The van der Waals surface area contributed by atoms with Crippen LogP contribution in [0.25, 0.3) is 5.57 Å². The number of amides is 4. The second kappa shape index (κ2) is 22.8. The van der Waals surface area contributed by atoms with Gasteiger partial charge in [-0.15, -0.1) is 0 Å². The van der Waals surface area contributed by atoms with Crippen molar-refractivity contribution < 1.29 is 62.2 Å². The third kappa shape index (κ3) is 12.6. The predicted molar refractivity (Wildman–Crippen MR) is 271 cm³/mol. The third-order valence-corrected chi connectivity index (χ3v) is 11.5. The molecule has 0 saturated heterocycles. The molecule has 0 aliphatic heterocycles. The minimum absolute atomic E-state index is 0.0690. The van der Waals surface area contributed by atoms with E-state index in [1.54, 1.807) is 48.6 Å². The molecule has 3 aromatic rings. The molecule has 72 heavy (non-hydrogen) atoms. The summed E-state index contributed by atoms with van der Waals surface area (Å²) < 4.78 is 22.5. The maximum Gasteiger partial charge on any atom is 0.497 e. The standard InChI is InChI=1S/C56H58N4O12/c1-13-43(61)69-29-55(11,30-70-44(62)14-2)57-53(67)59(49-35(7)25-33(5)26-36(49)8)41-21-17-39(18-22-41)47-51(65)48(52(47)66)40-19-23-42(24-20-40)60(50-37(9)27-34(6)28-38(50)10)54(68)58-56(12,31-71-45(63)15-3)32-72-46(64)16-4/h13-28H,1-4,29-32H2,5-12H3,(H2-,57,58,65,66,67,68). The molecule has 0 radical (unpaired) electrons. The lowest BCUT2D eigenvalue weighted by Gasteiger charge is -2.34. The monoisotopic (exact) mass is 978 g/mol. The van der Waals surface area contributed by atoms with Crippen LogP contribution in [0.1, 0.15) is 52.8 Å². The van der Waals surface area contributed by atoms with E-state index >= 15 is 0 Å². The molecule has 16 nitrogen and oxygen atoms in total. The van der Waals surface area contributed by atoms with E-state index in [1.165, 1.54) is 23.3 Å². The first-order valence-electron chi connectivity index (χ1n) is 22.6. The lowest BCUT2D eigenvalue weighted by atomic mass is 9.80. The van der Waals surface area contributed by atoms with Gasteiger partial charge in [0.15, 0.2) is 11.3 Å². The Morgan fingerprint density at radius 3 is 1.42 bits per heavy atom. The van der Waals surface area contributed by atoms with Crippen molar-refractivity contribution >= 4 is 70.1 Å². The lowest BCUT2D eigenvalue weighted by Crippen LogP contribution is -2.56. The Hall–Kier alpha value is -8.66. The summed E-state index contributed by atoms with van der Waals surface area (Å²) in [6.45, 7) is 26.4. The molecule has 0 unspecified atom stereocenters. The number of Topliss-reactive ketones (excluding diaryl/α,β-unsaturated/α-hetero) is 1. The summed E-state index contributed by atoms with van der Waals surface area (Å²) in [5.41, 5.74) is 4.27. The smallest absolute Gasteiger partial charge is 0.497 e. The van der Waals surface area contributed by atoms with Crippen LogP contribution in [0.4, 0.5) is 26.7 Å². The molecule has 0 spiro atoms. The first-order chi connectivity index (χ1) is 34.0. The largest absolute Gasteiger partial charge is 0.871 e. The van der Waals surface area contributed by atoms with E-state index in [-0.39, 0.29) is 37.6 Å². The van der Waals surface area contributed by atoms with E-state index in [9.17, 15) is 38.7 Å². The van der Waals surface area contributed by atoms with Crippen molar-refractivity contribution in [3.05, 3.63) is 179 Å². The first-order valence-corrected chi connectivity index (χ1v) is 22.6. The number of ketones is 1. The number of nitrogens with zero attached hydrogens (tertiary/aromatic N) is 2. The van der Waals surface area contributed by atoms with Gasteiger partial charge >= 0.3 is 35.9 Å². The second-order valence-electron chi connectivity index (χ2n) is 17.9. The van der Waals surface area contributed by atoms with Crippen molar-refractivity contribution in [3.8, 4) is 0 Å². The van der Waals surface area contributed by atoms with E-state index in [0.717, 1.165) is 57.7 Å². The van der Waals surface area contributed by atoms with Gasteiger partial charge in [-0.25, -0.2) is 29.3 Å². The van der Waals surface area contributed by atoms with Crippen LogP contribution in [0.5, 0.6) is 0 Å². The molecule has 0 bridgehead atoms. The van der Waals surface area contributed by atoms with Crippen LogP contribution in [0.15, 0.2) is 140 Å². The number of carbonyl (C=O) groups excluding carboxylic acids is 7. The first kappa shape index (κ1) is 54.3. The van der Waals surface area contributed by atoms with Crippen LogP contribution in [0, 0.1) is 41.5 Å². The number of urea groups is 2. The Morgan fingerprint density at radius 2 is 1.01 bits per heavy atom. The van der Waals surface area contributed by atoms with Crippen LogP contribution in [0.3, 0.4) is 0 Å². The molecular formula is C56H58N4O12. The zero-order valence-electron chi connectivity index (χ0n) is 41.7. The average molecular weight is 979 g/mol. The molecule has 2 aliphatic carbocycles. The fourth-order valence-corrected chi connectivity index (χ4v) is 8.23. The molecule has 2 aliphatic rings. The minimum Gasteiger partial charge on any atom is -0.871 e. The fourth-order valence-electron chi connectivity index (χ4n) is 8.23. The SMILES string of the molecule is C=CC(=O)OCC(C)(COC(=O)C=C)NC(=O)N(c1ccc(C2=C([O-])C(=C3C=CC(=[N+](C(=O)NC(C)(COC(=O)C=C)COC(=O)C=C)c4c(C)cc(C)cc4C)C=C3)C2=O)cc1)c1c(C)cc(C)cc1C. The number of nitrogens with one attached hydrogen (secondary N) is 2. The van der Waals surface area contributed by atoms with Crippen molar-refractivity contribution in [2.75, 3.05) is 31.3 Å². The normalized spacial score (nSPS) is 13.1. The van der Waals surface area contributed by atoms with Gasteiger partial charge in [-0.2, -0.15) is 9.37 Å². The Balaban J connectivity index is 1.52. The predicted octanol–water partition coefficient (Wildman–Crippen LogP) is 7.39. The number of aryl methyl sites for hydroxylation is 6. The highest BCUT2D eigenvalue weighted by Gasteiger charge is 2.40. The van der Waals surface area contributed by atoms with Crippen molar-refractivity contribution in [1.82, 2.24) is 10.6 Å². The summed E-state index contributed by atoms with van der Waals surface area (Å²) in [6, 6.07) is 12.6. The maximum atomic E-state index is 14.5. The quantitative estimate of drug-likeness (QED) is 0.0553. The van der Waals surface area contributed by atoms with E-state index in [0.29, 0.717) is 33.9 Å². The summed E-state index contributed by atoms with van der Waals surface area (Å²) in [4.78, 5) is 92.6. The topological polar surface area (TPSA) is 210 Å². The van der Waals surface area contributed by atoms with Gasteiger partial charge in [0.05, 0.1) is 11.4 Å². The number of anilines is 2. The summed E-state index contributed by atoms with van der Waals surface area (Å²) >= 11 is 0. The number of allylic oxidation sites excluding steroid dienone is 7. The molecule has 4 amide bonds. The molecule has 16 heteroatoms. The Morgan fingerprint density at radius 1 is 0.611 bits per heavy atom. The highest BCUT2D eigenvalue weighted by atomic mass is 16.6. The van der Waals surface area contributed by atoms with Gasteiger partial charge in [0.25, 0.3) is 0 Å². The minimum atomic E-state index is -1.43. The highest BCUT2D eigenvalue weighted by molar-refractivity contribution is 6.39. The summed E-state index contributed by atoms with van der Waals surface area (Å²) in [7, 11) is 0. The second-order valence-corrected chi connectivity index (χ2v) is 17.9. The van der Waals surface area contributed by atoms with Crippen molar-refractivity contribution in [2.45, 2.75) is 66.5 Å². The van der Waals surface area contributed by atoms with E-state index in [2.05, 4.69) is 36.9 Å². The van der Waals surface area contributed by atoms with E-state index in [1.807, 2.05) is 65.8 Å². The van der Waals surface area contributed by atoms with Gasteiger partial charge < -0.3 is 29.4 Å². The number of rotatable bonds is 18. The van der Waals surface area contributed by atoms with Gasteiger partial charge in [-0.05, 0) is 113 Å². The number of hydrogen-bond acceptors (Lipinski definition) is 12. The maximum absolute atomic E-state index is 14.5. The van der Waals surface area contributed by atoms with Gasteiger partial charge in [-0.3, -0.25) is 9.69 Å². The van der Waals surface area contributed by atoms with Gasteiger partial charge in [-0.1, -0.05) is 91.8 Å². The fraction of sp³-hybridized carbons (Fsp3) is 0.250. The summed E-state index contributed by atoms with van der Waals surface area (Å²) in [5.74, 6) is -4.06. The number of esters is 4. The van der Waals surface area contributed by atoms with Gasteiger partial charge in [0.2, 0.25) is 0 Å². The molecule has 2 N–H and O–H groups in total. The van der Waals surface area contributed by atoms with Crippen LogP contribution >= 0.6 is 0 Å². The third-order valence-electron chi connectivity index (χ3n) is 11.5. The number of hydrogen-bond donors (Lipinski definition) is 2. The van der Waals surface area contributed by atoms with Crippen LogP contribution in [0.2, 0.25) is 0 Å². The number of ether oxygens (including phenoxy) is 4. The average Bonchev–Trinajstić information content (AvgIpc) is 3.33. The van der Waals surface area contributed by atoms with Gasteiger partial charge in [0, 0.05) is 35.5 Å². The molecule has 5 rings (SSSR count). The zero-order chi connectivity index (χ0) is 53.2. The van der Waals surface area contributed by atoms with Crippen molar-refractivity contribution in [1.29, 1.82) is 0 Å². The van der Waals surface area contributed by atoms with E-state index < -0.39 is 58.6 Å². The van der Waals surface area contributed by atoms with Crippen molar-refractivity contribution in [3.63, 3.8) is 0 Å². The molecule has 3 aromatic carbocycles. The lowest BCUT2D eigenvalue weighted by molar-refractivity contribution is -0.335. The molecule has 0 saturated carbocycles. The van der Waals surface area contributed by atoms with Crippen molar-refractivity contribution in [2.24, 2.45) is 0 Å². The van der Waals surface area contributed by atoms with E-state index in [4.69, 9.17) is 18.9 Å². The Kier molecular flexibility index (Phi) is 17.2.